The lowest BCUT2D eigenvalue weighted by atomic mass is 10.1. The molecule has 1 aliphatic rings. The summed E-state index contributed by atoms with van der Waals surface area (Å²) in [7, 11) is 0. The van der Waals surface area contributed by atoms with Crippen molar-refractivity contribution in [2.45, 2.75) is 6.42 Å². The van der Waals surface area contributed by atoms with Gasteiger partial charge in [0.25, 0.3) is 0 Å². The second-order valence-corrected chi connectivity index (χ2v) is 3.67. The van der Waals surface area contributed by atoms with Crippen LogP contribution in [0, 0.1) is 11.7 Å². The molecule has 16 heavy (non-hydrogen) atoms. The minimum absolute atomic E-state index is 0.0752. The van der Waals surface area contributed by atoms with Crippen LogP contribution in [0.2, 0.25) is 0 Å². The van der Waals surface area contributed by atoms with Gasteiger partial charge in [0.15, 0.2) is 0 Å². The Hall–Kier alpha value is -1.98. The number of hydrogen-bond acceptors (Lipinski definition) is 3. The number of carbonyl (C=O) groups excluding carboxylic acids is 2. The van der Waals surface area contributed by atoms with Crippen LogP contribution in [0.1, 0.15) is 6.42 Å². The minimum atomic E-state index is -0.521. The Morgan fingerprint density at radius 1 is 1.56 bits per heavy atom. The third-order valence-electron chi connectivity index (χ3n) is 2.53. The van der Waals surface area contributed by atoms with Gasteiger partial charge in [0, 0.05) is 19.0 Å². The molecule has 1 aliphatic heterocycles. The number of primary amides is 1. The molecule has 2 rings (SSSR count). The molecule has 0 spiro atoms. The second kappa shape index (κ2) is 3.88. The fourth-order valence-corrected chi connectivity index (χ4v) is 1.70. The van der Waals surface area contributed by atoms with Crippen molar-refractivity contribution in [3.63, 3.8) is 0 Å². The Morgan fingerprint density at radius 3 is 2.88 bits per heavy atom. The van der Waals surface area contributed by atoms with Crippen molar-refractivity contribution in [3.05, 3.63) is 24.3 Å². The van der Waals surface area contributed by atoms with Crippen LogP contribution in [0.5, 0.6) is 0 Å². The Morgan fingerprint density at radius 2 is 2.31 bits per heavy atom. The normalized spacial score (nSPS) is 20.2. The van der Waals surface area contributed by atoms with E-state index in [2.05, 4.69) is 4.98 Å². The molecule has 2 N–H and O–H groups in total. The molecule has 0 saturated carbocycles. The van der Waals surface area contributed by atoms with Crippen molar-refractivity contribution in [1.29, 1.82) is 0 Å². The van der Waals surface area contributed by atoms with Gasteiger partial charge >= 0.3 is 0 Å². The summed E-state index contributed by atoms with van der Waals surface area (Å²) in [6.45, 7) is 0.194. The third-order valence-corrected chi connectivity index (χ3v) is 2.53. The van der Waals surface area contributed by atoms with E-state index in [1.54, 1.807) is 0 Å². The minimum Gasteiger partial charge on any atom is -0.369 e. The van der Waals surface area contributed by atoms with Gasteiger partial charge in [0.1, 0.15) is 5.82 Å². The monoisotopic (exact) mass is 223 g/mol. The summed E-state index contributed by atoms with van der Waals surface area (Å²) in [4.78, 5) is 27.5. The highest BCUT2D eigenvalue weighted by molar-refractivity contribution is 5.99. The molecule has 0 radical (unpaired) electrons. The maximum absolute atomic E-state index is 12.9. The molecule has 2 amide bonds. The summed E-state index contributed by atoms with van der Waals surface area (Å²) in [5, 5.41) is 0. The number of amides is 2. The van der Waals surface area contributed by atoms with Gasteiger partial charge in [-0.05, 0) is 0 Å². The number of rotatable bonds is 2. The summed E-state index contributed by atoms with van der Waals surface area (Å²) < 4.78 is 12.9. The van der Waals surface area contributed by atoms with Crippen molar-refractivity contribution >= 4 is 17.5 Å². The lowest BCUT2D eigenvalue weighted by Gasteiger charge is -2.15. The van der Waals surface area contributed by atoms with Gasteiger partial charge in [-0.2, -0.15) is 0 Å². The topological polar surface area (TPSA) is 76.3 Å². The van der Waals surface area contributed by atoms with E-state index in [4.69, 9.17) is 5.73 Å². The van der Waals surface area contributed by atoms with E-state index in [-0.39, 0.29) is 18.9 Å². The van der Waals surface area contributed by atoms with Crippen molar-refractivity contribution in [2.75, 3.05) is 11.4 Å². The van der Waals surface area contributed by atoms with Crippen molar-refractivity contribution in [2.24, 2.45) is 11.7 Å². The summed E-state index contributed by atoms with van der Waals surface area (Å²) >= 11 is 0. The number of halogens is 1. The molecule has 0 aliphatic carbocycles. The molecule has 0 aromatic carbocycles. The quantitative estimate of drug-likeness (QED) is 0.770. The smallest absolute Gasteiger partial charge is 0.227 e. The molecule has 1 fully saturated rings. The van der Waals surface area contributed by atoms with Gasteiger partial charge in [-0.1, -0.05) is 0 Å². The fourth-order valence-electron chi connectivity index (χ4n) is 1.70. The summed E-state index contributed by atoms with van der Waals surface area (Å²) in [5.41, 5.74) is 5.48. The van der Waals surface area contributed by atoms with Gasteiger partial charge in [-0.3, -0.25) is 14.6 Å². The predicted molar refractivity (Wildman–Crippen MR) is 53.8 cm³/mol. The van der Waals surface area contributed by atoms with Gasteiger partial charge in [-0.15, -0.1) is 0 Å². The van der Waals surface area contributed by atoms with Crippen LogP contribution in [0.25, 0.3) is 0 Å². The first kappa shape index (κ1) is 10.5. The van der Waals surface area contributed by atoms with Crippen LogP contribution >= 0.6 is 0 Å². The number of carbonyl (C=O) groups is 2. The fraction of sp³-hybridized carbons (Fsp3) is 0.300. The Bertz CT molecular complexity index is 449. The van der Waals surface area contributed by atoms with E-state index < -0.39 is 17.6 Å². The maximum Gasteiger partial charge on any atom is 0.227 e. The molecular formula is C10H10FN3O2. The van der Waals surface area contributed by atoms with Crippen LogP contribution in [-0.4, -0.2) is 23.3 Å². The second-order valence-electron chi connectivity index (χ2n) is 3.67. The summed E-state index contributed by atoms with van der Waals surface area (Å²) in [5.74, 6) is -1.78. The predicted octanol–water partition coefficient (Wildman–Crippen LogP) is 0.0589. The molecule has 2 heterocycles. The van der Waals surface area contributed by atoms with Crippen LogP contribution in [0.4, 0.5) is 10.1 Å². The highest BCUT2D eigenvalue weighted by Crippen LogP contribution is 2.24. The molecule has 1 atom stereocenters. The number of aromatic nitrogens is 1. The van der Waals surface area contributed by atoms with E-state index in [0.29, 0.717) is 5.69 Å². The first-order chi connectivity index (χ1) is 7.58. The summed E-state index contributed by atoms with van der Waals surface area (Å²) in [6.07, 6.45) is 2.51. The first-order valence-corrected chi connectivity index (χ1v) is 4.78. The Labute approximate surface area is 91.1 Å². The van der Waals surface area contributed by atoms with Gasteiger partial charge in [0.05, 0.1) is 24.0 Å². The van der Waals surface area contributed by atoms with Gasteiger partial charge in [-0.25, -0.2) is 4.39 Å². The van der Waals surface area contributed by atoms with Crippen LogP contribution < -0.4 is 10.6 Å². The molecule has 1 aromatic heterocycles. The zero-order valence-electron chi connectivity index (χ0n) is 8.39. The van der Waals surface area contributed by atoms with Crippen molar-refractivity contribution in [1.82, 2.24) is 4.98 Å². The third kappa shape index (κ3) is 1.86. The largest absolute Gasteiger partial charge is 0.369 e. The van der Waals surface area contributed by atoms with Gasteiger partial charge < -0.3 is 10.6 Å². The molecule has 1 aromatic rings. The zero-order chi connectivity index (χ0) is 11.7. The van der Waals surface area contributed by atoms with E-state index in [0.717, 1.165) is 6.20 Å². The average molecular weight is 223 g/mol. The molecular weight excluding hydrogens is 213 g/mol. The van der Waals surface area contributed by atoms with Crippen molar-refractivity contribution in [3.8, 4) is 0 Å². The Balaban J connectivity index is 2.23. The van der Waals surface area contributed by atoms with Crippen LogP contribution in [0.3, 0.4) is 0 Å². The van der Waals surface area contributed by atoms with Crippen LogP contribution in [-0.2, 0) is 9.59 Å². The van der Waals surface area contributed by atoms with E-state index >= 15 is 0 Å². The number of nitrogens with two attached hydrogens (primary N) is 1. The van der Waals surface area contributed by atoms with Crippen LogP contribution in [0.15, 0.2) is 18.5 Å². The molecule has 0 bridgehead atoms. The van der Waals surface area contributed by atoms with Gasteiger partial charge in [0.2, 0.25) is 11.8 Å². The lowest BCUT2D eigenvalue weighted by molar-refractivity contribution is -0.123. The highest BCUT2D eigenvalue weighted by atomic mass is 19.1. The van der Waals surface area contributed by atoms with E-state index in [1.165, 1.54) is 17.2 Å². The average Bonchev–Trinajstić information content (AvgIpc) is 2.60. The van der Waals surface area contributed by atoms with E-state index in [1.807, 2.05) is 0 Å². The molecule has 6 heteroatoms. The Kier molecular flexibility index (Phi) is 2.55. The summed E-state index contributed by atoms with van der Waals surface area (Å²) in [6, 6.07) is 1.20. The first-order valence-electron chi connectivity index (χ1n) is 4.78. The number of pyridine rings is 1. The molecule has 1 unspecified atom stereocenters. The number of hydrogen-bond donors (Lipinski definition) is 1. The zero-order valence-corrected chi connectivity index (χ0v) is 8.39. The SMILES string of the molecule is NC(=O)C1CC(=O)N(c2cncc(F)c2)C1. The maximum atomic E-state index is 12.9. The van der Waals surface area contributed by atoms with Crippen molar-refractivity contribution < 1.29 is 14.0 Å². The molecule has 5 nitrogen and oxygen atoms in total. The standard InChI is InChI=1S/C10H10FN3O2/c11-7-2-8(4-13-3-7)14-5-6(10(12)16)1-9(14)15/h2-4,6H,1,5H2,(H2,12,16). The molecule has 84 valence electrons. The lowest BCUT2D eigenvalue weighted by Crippen LogP contribution is -2.28. The number of anilines is 1. The molecule has 1 saturated heterocycles. The van der Waals surface area contributed by atoms with E-state index in [9.17, 15) is 14.0 Å². The highest BCUT2D eigenvalue weighted by Gasteiger charge is 2.34. The number of nitrogens with zero attached hydrogens (tertiary/aromatic N) is 2.